The molecule has 2 rings (SSSR count). The van der Waals surface area contributed by atoms with E-state index in [2.05, 4.69) is 34.1 Å². The molecule has 0 amide bonds. The standard InChI is InChI=1S/C11H14BrN/c12-10-4-1-8-2-5-11(13)6-3-9(8)7-10/h1,4,7,11H,2-3,5-6,13H2. The largest absolute Gasteiger partial charge is 0.328 e. The molecule has 1 unspecified atom stereocenters. The highest BCUT2D eigenvalue weighted by Crippen LogP contribution is 2.23. The second kappa shape index (κ2) is 3.81. The highest BCUT2D eigenvalue weighted by Gasteiger charge is 2.12. The number of hydrogen-bond donors (Lipinski definition) is 1. The maximum Gasteiger partial charge on any atom is 0.0178 e. The van der Waals surface area contributed by atoms with E-state index >= 15 is 0 Å². The van der Waals surface area contributed by atoms with Gasteiger partial charge in [0.05, 0.1) is 0 Å². The lowest BCUT2D eigenvalue weighted by molar-refractivity contribution is 0.589. The molecule has 0 aliphatic heterocycles. The van der Waals surface area contributed by atoms with Crippen molar-refractivity contribution in [1.82, 2.24) is 0 Å². The van der Waals surface area contributed by atoms with E-state index in [0.29, 0.717) is 6.04 Å². The van der Waals surface area contributed by atoms with Crippen LogP contribution >= 0.6 is 15.9 Å². The molecule has 2 heteroatoms. The van der Waals surface area contributed by atoms with Gasteiger partial charge in [0.2, 0.25) is 0 Å². The van der Waals surface area contributed by atoms with Gasteiger partial charge in [-0.3, -0.25) is 0 Å². The Kier molecular flexibility index (Phi) is 2.70. The molecule has 13 heavy (non-hydrogen) atoms. The summed E-state index contributed by atoms with van der Waals surface area (Å²) in [6, 6.07) is 6.96. The number of hydrogen-bond acceptors (Lipinski definition) is 1. The summed E-state index contributed by atoms with van der Waals surface area (Å²) in [5.41, 5.74) is 8.90. The van der Waals surface area contributed by atoms with Gasteiger partial charge in [0.15, 0.2) is 0 Å². The molecule has 0 fully saturated rings. The highest BCUT2D eigenvalue weighted by molar-refractivity contribution is 9.10. The van der Waals surface area contributed by atoms with Gasteiger partial charge in [-0.1, -0.05) is 22.0 Å². The summed E-state index contributed by atoms with van der Waals surface area (Å²) < 4.78 is 1.18. The topological polar surface area (TPSA) is 26.0 Å². The summed E-state index contributed by atoms with van der Waals surface area (Å²) >= 11 is 3.50. The van der Waals surface area contributed by atoms with Crippen molar-refractivity contribution in [2.75, 3.05) is 0 Å². The summed E-state index contributed by atoms with van der Waals surface area (Å²) in [6.45, 7) is 0. The van der Waals surface area contributed by atoms with Crippen LogP contribution in [0.4, 0.5) is 0 Å². The van der Waals surface area contributed by atoms with Gasteiger partial charge in [-0.05, 0) is 48.9 Å². The lowest BCUT2D eigenvalue weighted by Crippen LogP contribution is -2.19. The first-order valence-corrected chi connectivity index (χ1v) is 5.58. The lowest BCUT2D eigenvalue weighted by atomic mass is 10.0. The Balaban J connectivity index is 2.30. The molecule has 0 spiro atoms. The van der Waals surface area contributed by atoms with Crippen LogP contribution in [0.3, 0.4) is 0 Å². The Morgan fingerprint density at radius 3 is 2.62 bits per heavy atom. The van der Waals surface area contributed by atoms with E-state index in [1.165, 1.54) is 15.6 Å². The zero-order valence-corrected chi connectivity index (χ0v) is 9.18. The van der Waals surface area contributed by atoms with E-state index in [1.807, 2.05) is 0 Å². The van der Waals surface area contributed by atoms with Gasteiger partial charge in [0, 0.05) is 10.5 Å². The van der Waals surface area contributed by atoms with Crippen LogP contribution < -0.4 is 5.73 Å². The summed E-state index contributed by atoms with van der Waals surface area (Å²) in [5.74, 6) is 0. The van der Waals surface area contributed by atoms with Gasteiger partial charge in [-0.15, -0.1) is 0 Å². The third-order valence-corrected chi connectivity index (χ3v) is 3.23. The Labute approximate surface area is 87.5 Å². The van der Waals surface area contributed by atoms with Crippen molar-refractivity contribution in [3.05, 3.63) is 33.8 Å². The molecule has 0 saturated carbocycles. The van der Waals surface area contributed by atoms with Gasteiger partial charge in [0.1, 0.15) is 0 Å². The molecular formula is C11H14BrN. The monoisotopic (exact) mass is 239 g/mol. The predicted octanol–water partition coefficient (Wildman–Crippen LogP) is 2.66. The molecule has 0 radical (unpaired) electrons. The third-order valence-electron chi connectivity index (χ3n) is 2.74. The van der Waals surface area contributed by atoms with Crippen molar-refractivity contribution in [3.63, 3.8) is 0 Å². The molecule has 0 saturated heterocycles. The summed E-state index contributed by atoms with van der Waals surface area (Å²) in [6.07, 6.45) is 4.54. The van der Waals surface area contributed by atoms with Crippen LogP contribution in [0.15, 0.2) is 22.7 Å². The fraction of sp³-hybridized carbons (Fsp3) is 0.455. The fourth-order valence-corrected chi connectivity index (χ4v) is 2.31. The van der Waals surface area contributed by atoms with Crippen LogP contribution in [0.1, 0.15) is 24.0 Å². The molecule has 1 aliphatic carbocycles. The Morgan fingerprint density at radius 1 is 1.15 bits per heavy atom. The minimum absolute atomic E-state index is 0.395. The molecule has 1 aromatic rings. The zero-order chi connectivity index (χ0) is 9.26. The van der Waals surface area contributed by atoms with Crippen molar-refractivity contribution < 1.29 is 0 Å². The van der Waals surface area contributed by atoms with E-state index < -0.39 is 0 Å². The molecule has 2 N–H and O–H groups in total. The van der Waals surface area contributed by atoms with Crippen LogP contribution in [0, 0.1) is 0 Å². The molecule has 1 aromatic carbocycles. The van der Waals surface area contributed by atoms with Crippen LogP contribution in [-0.4, -0.2) is 6.04 Å². The van der Waals surface area contributed by atoms with Gasteiger partial charge >= 0.3 is 0 Å². The van der Waals surface area contributed by atoms with E-state index in [4.69, 9.17) is 5.73 Å². The fourth-order valence-electron chi connectivity index (χ4n) is 1.90. The lowest BCUT2D eigenvalue weighted by Gasteiger charge is -2.04. The number of aryl methyl sites for hydroxylation is 2. The molecule has 1 aliphatic rings. The first-order chi connectivity index (χ1) is 6.25. The number of halogens is 1. The number of benzene rings is 1. The zero-order valence-electron chi connectivity index (χ0n) is 7.59. The van der Waals surface area contributed by atoms with Gasteiger partial charge in [0.25, 0.3) is 0 Å². The molecule has 0 bridgehead atoms. The molecule has 0 aromatic heterocycles. The van der Waals surface area contributed by atoms with Crippen LogP contribution in [0.25, 0.3) is 0 Å². The molecular weight excluding hydrogens is 226 g/mol. The molecule has 1 nitrogen and oxygen atoms in total. The van der Waals surface area contributed by atoms with Crippen molar-refractivity contribution in [2.24, 2.45) is 5.73 Å². The van der Waals surface area contributed by atoms with E-state index in [1.54, 1.807) is 0 Å². The second-order valence-corrected chi connectivity index (χ2v) is 4.67. The van der Waals surface area contributed by atoms with E-state index in [0.717, 1.165) is 25.7 Å². The number of rotatable bonds is 0. The first-order valence-electron chi connectivity index (χ1n) is 4.78. The average Bonchev–Trinajstić information content (AvgIpc) is 2.29. The second-order valence-electron chi connectivity index (χ2n) is 3.75. The summed E-state index contributed by atoms with van der Waals surface area (Å²) in [5, 5.41) is 0. The molecule has 1 atom stereocenters. The van der Waals surface area contributed by atoms with E-state index in [9.17, 15) is 0 Å². The van der Waals surface area contributed by atoms with Crippen molar-refractivity contribution in [3.8, 4) is 0 Å². The maximum atomic E-state index is 5.94. The Morgan fingerprint density at radius 2 is 1.85 bits per heavy atom. The van der Waals surface area contributed by atoms with Crippen molar-refractivity contribution >= 4 is 15.9 Å². The Bertz CT molecular complexity index is 309. The summed E-state index contributed by atoms with van der Waals surface area (Å²) in [4.78, 5) is 0. The quantitative estimate of drug-likeness (QED) is 0.693. The minimum atomic E-state index is 0.395. The average molecular weight is 240 g/mol. The number of nitrogens with two attached hydrogens (primary N) is 1. The van der Waals surface area contributed by atoms with Crippen molar-refractivity contribution in [2.45, 2.75) is 31.7 Å². The Hall–Kier alpha value is -0.340. The van der Waals surface area contributed by atoms with Gasteiger partial charge < -0.3 is 5.73 Å². The van der Waals surface area contributed by atoms with Gasteiger partial charge in [-0.25, -0.2) is 0 Å². The minimum Gasteiger partial charge on any atom is -0.328 e. The predicted molar refractivity (Wildman–Crippen MR) is 58.8 cm³/mol. The molecule has 70 valence electrons. The third kappa shape index (κ3) is 2.12. The molecule has 0 heterocycles. The SMILES string of the molecule is NC1CCc2ccc(Br)cc2CC1. The van der Waals surface area contributed by atoms with Crippen molar-refractivity contribution in [1.29, 1.82) is 0 Å². The van der Waals surface area contributed by atoms with Crippen LogP contribution in [0.5, 0.6) is 0 Å². The highest BCUT2D eigenvalue weighted by atomic mass is 79.9. The number of fused-ring (bicyclic) bond motifs is 1. The van der Waals surface area contributed by atoms with Gasteiger partial charge in [-0.2, -0.15) is 0 Å². The van der Waals surface area contributed by atoms with E-state index in [-0.39, 0.29) is 0 Å². The normalized spacial score (nSPS) is 22.2. The summed E-state index contributed by atoms with van der Waals surface area (Å²) in [7, 11) is 0. The van der Waals surface area contributed by atoms with Crippen LogP contribution in [0.2, 0.25) is 0 Å². The first kappa shape index (κ1) is 9.22. The van der Waals surface area contributed by atoms with Crippen LogP contribution in [-0.2, 0) is 12.8 Å². The maximum absolute atomic E-state index is 5.94. The smallest absolute Gasteiger partial charge is 0.0178 e.